The molecule has 1 aliphatic rings. The van der Waals surface area contributed by atoms with Crippen molar-refractivity contribution >= 4 is 15.7 Å². The van der Waals surface area contributed by atoms with Crippen LogP contribution in [0.5, 0.6) is 5.75 Å². The van der Waals surface area contributed by atoms with E-state index in [4.69, 9.17) is 4.74 Å². The van der Waals surface area contributed by atoms with Gasteiger partial charge in [0.25, 0.3) is 5.91 Å². The first-order valence-electron chi connectivity index (χ1n) is 9.35. The molecule has 9 heteroatoms. The van der Waals surface area contributed by atoms with Crippen molar-refractivity contribution in [2.45, 2.75) is 44.0 Å². The molecule has 1 amide bonds. The number of ether oxygens (including phenoxy) is 1. The molecule has 0 fully saturated rings. The second-order valence-corrected chi connectivity index (χ2v) is 9.57. The van der Waals surface area contributed by atoms with Crippen LogP contribution in [0.15, 0.2) is 41.3 Å². The maximum absolute atomic E-state index is 13.2. The summed E-state index contributed by atoms with van der Waals surface area (Å²) in [5, 5.41) is 0. The Labute approximate surface area is 173 Å². The molecule has 5 nitrogen and oxygen atoms in total. The number of benzene rings is 2. The molecule has 0 saturated heterocycles. The summed E-state index contributed by atoms with van der Waals surface area (Å²) in [6, 6.07) is 7.64. The lowest BCUT2D eigenvalue weighted by molar-refractivity contribution is -0.137. The second kappa shape index (κ2) is 7.94. The van der Waals surface area contributed by atoms with Crippen molar-refractivity contribution in [2.24, 2.45) is 0 Å². The molecule has 0 unspecified atom stereocenters. The van der Waals surface area contributed by atoms with Crippen molar-refractivity contribution in [3.8, 4) is 5.75 Å². The molecule has 0 radical (unpaired) electrons. The van der Waals surface area contributed by atoms with Crippen LogP contribution in [0.4, 0.5) is 13.2 Å². The molecule has 0 bridgehead atoms. The van der Waals surface area contributed by atoms with Crippen LogP contribution < -0.4 is 4.74 Å². The number of nitrogens with zero attached hydrogens (tertiary/aromatic N) is 1. The van der Waals surface area contributed by atoms with Gasteiger partial charge >= 0.3 is 6.18 Å². The van der Waals surface area contributed by atoms with Crippen molar-refractivity contribution in [3.63, 3.8) is 0 Å². The predicted molar refractivity (Wildman–Crippen MR) is 105 cm³/mol. The minimum absolute atomic E-state index is 0.00538. The number of carbonyl (C=O) groups excluding carboxylic acids is 1. The molecular formula is C21H22F3NO4S. The lowest BCUT2D eigenvalue weighted by Gasteiger charge is -2.30. The van der Waals surface area contributed by atoms with E-state index in [1.807, 2.05) is 0 Å². The molecule has 162 valence electrons. The highest BCUT2D eigenvalue weighted by Gasteiger charge is 2.32. The van der Waals surface area contributed by atoms with Gasteiger partial charge in [0, 0.05) is 19.3 Å². The van der Waals surface area contributed by atoms with Gasteiger partial charge in [-0.3, -0.25) is 4.79 Å². The highest BCUT2D eigenvalue weighted by Crippen LogP contribution is 2.33. The molecule has 1 heterocycles. The normalized spacial score (nSPS) is 14.6. The summed E-state index contributed by atoms with van der Waals surface area (Å²) in [7, 11) is -3.54. The average molecular weight is 441 g/mol. The van der Waals surface area contributed by atoms with Crippen LogP contribution in [-0.4, -0.2) is 38.1 Å². The molecule has 30 heavy (non-hydrogen) atoms. The number of hydrogen-bond donors (Lipinski definition) is 0. The van der Waals surface area contributed by atoms with Gasteiger partial charge in [-0.05, 0) is 61.7 Å². The molecule has 0 atom stereocenters. The highest BCUT2D eigenvalue weighted by molar-refractivity contribution is 7.90. The fourth-order valence-corrected chi connectivity index (χ4v) is 3.98. The van der Waals surface area contributed by atoms with Gasteiger partial charge in [0.1, 0.15) is 5.75 Å². The summed E-state index contributed by atoms with van der Waals surface area (Å²) in [5.41, 5.74) is 0.585. The fraction of sp³-hybridized carbons (Fsp3) is 0.381. The number of alkyl halides is 3. The van der Waals surface area contributed by atoms with Gasteiger partial charge < -0.3 is 9.64 Å². The molecule has 2 aromatic carbocycles. The number of halogens is 3. The average Bonchev–Trinajstić information content (AvgIpc) is 2.65. The van der Waals surface area contributed by atoms with Gasteiger partial charge in [-0.2, -0.15) is 13.2 Å². The van der Waals surface area contributed by atoms with Crippen LogP contribution in [0, 0.1) is 0 Å². The van der Waals surface area contributed by atoms with E-state index in [9.17, 15) is 26.4 Å². The molecular weight excluding hydrogens is 419 g/mol. The van der Waals surface area contributed by atoms with E-state index >= 15 is 0 Å². The summed E-state index contributed by atoms with van der Waals surface area (Å²) < 4.78 is 68.4. The molecule has 0 saturated carbocycles. The van der Waals surface area contributed by atoms with Crippen molar-refractivity contribution in [2.75, 3.05) is 12.8 Å². The lowest BCUT2D eigenvalue weighted by Crippen LogP contribution is -2.36. The Morgan fingerprint density at radius 2 is 1.80 bits per heavy atom. The van der Waals surface area contributed by atoms with Gasteiger partial charge in [0.05, 0.1) is 22.1 Å². The van der Waals surface area contributed by atoms with Gasteiger partial charge in [-0.1, -0.05) is 6.07 Å². The topological polar surface area (TPSA) is 63.7 Å². The number of amides is 1. The standard InChI is InChI=1S/C21H22F3NO4S/c1-13(2)29-19-7-6-17(30(3,27)28)11-18(19)20(26)25-9-8-14-10-16(21(22,23)24)5-4-15(14)12-25/h4-7,10-11,13H,8-9,12H2,1-3H3. The molecule has 0 spiro atoms. The first kappa shape index (κ1) is 22.1. The van der Waals surface area contributed by atoms with Crippen LogP contribution in [0.1, 0.15) is 40.9 Å². The zero-order valence-corrected chi connectivity index (χ0v) is 17.6. The molecule has 2 aromatic rings. The van der Waals surface area contributed by atoms with E-state index in [1.165, 1.54) is 29.2 Å². The lowest BCUT2D eigenvalue weighted by atomic mass is 9.96. The van der Waals surface area contributed by atoms with Crippen LogP contribution in [0.2, 0.25) is 0 Å². The fourth-order valence-electron chi connectivity index (χ4n) is 3.34. The van der Waals surface area contributed by atoms with E-state index in [0.29, 0.717) is 11.1 Å². The van der Waals surface area contributed by atoms with Crippen molar-refractivity contribution in [1.82, 2.24) is 4.90 Å². The maximum Gasteiger partial charge on any atom is 0.416 e. The second-order valence-electron chi connectivity index (χ2n) is 7.55. The van der Waals surface area contributed by atoms with E-state index in [1.54, 1.807) is 13.8 Å². The van der Waals surface area contributed by atoms with Crippen molar-refractivity contribution in [3.05, 3.63) is 58.7 Å². The van der Waals surface area contributed by atoms with Crippen LogP contribution in [0.3, 0.4) is 0 Å². The summed E-state index contributed by atoms with van der Waals surface area (Å²) in [4.78, 5) is 14.7. The van der Waals surface area contributed by atoms with Gasteiger partial charge in [0.2, 0.25) is 0 Å². The van der Waals surface area contributed by atoms with Crippen LogP contribution >= 0.6 is 0 Å². The Morgan fingerprint density at radius 3 is 2.40 bits per heavy atom. The van der Waals surface area contributed by atoms with Crippen molar-refractivity contribution in [1.29, 1.82) is 0 Å². The van der Waals surface area contributed by atoms with Crippen LogP contribution in [-0.2, 0) is 29.0 Å². The Bertz CT molecular complexity index is 1080. The SMILES string of the molecule is CC(C)Oc1ccc(S(C)(=O)=O)cc1C(=O)N1CCc2cc(C(F)(F)F)ccc2C1. The number of fused-ring (bicyclic) bond motifs is 1. The molecule has 0 N–H and O–H groups in total. The quantitative estimate of drug-likeness (QED) is 0.717. The number of carbonyl (C=O) groups is 1. The van der Waals surface area contributed by atoms with Crippen molar-refractivity contribution < 1.29 is 31.1 Å². The summed E-state index contributed by atoms with van der Waals surface area (Å²) in [5.74, 6) is -0.165. The first-order valence-corrected chi connectivity index (χ1v) is 11.2. The first-order chi connectivity index (χ1) is 13.9. The van der Waals surface area contributed by atoms with Crippen LogP contribution in [0.25, 0.3) is 0 Å². The third kappa shape index (κ3) is 4.77. The van der Waals surface area contributed by atoms with E-state index < -0.39 is 27.5 Å². The Balaban J connectivity index is 1.93. The Kier molecular flexibility index (Phi) is 5.86. The smallest absolute Gasteiger partial charge is 0.416 e. The summed E-state index contributed by atoms with van der Waals surface area (Å²) in [6.45, 7) is 3.93. The van der Waals surface area contributed by atoms with Gasteiger partial charge in [-0.15, -0.1) is 0 Å². The van der Waals surface area contributed by atoms with Gasteiger partial charge in [0.15, 0.2) is 9.84 Å². The molecule has 0 aromatic heterocycles. The maximum atomic E-state index is 13.2. The molecule has 3 rings (SSSR count). The highest BCUT2D eigenvalue weighted by atomic mass is 32.2. The number of hydrogen-bond acceptors (Lipinski definition) is 4. The zero-order valence-electron chi connectivity index (χ0n) is 16.8. The number of sulfone groups is 1. The molecule has 1 aliphatic heterocycles. The minimum atomic E-state index is -4.42. The Morgan fingerprint density at radius 1 is 1.10 bits per heavy atom. The van der Waals surface area contributed by atoms with E-state index in [-0.39, 0.29) is 41.8 Å². The third-order valence-corrected chi connectivity index (χ3v) is 5.92. The number of rotatable bonds is 4. The Hall–Kier alpha value is -2.55. The van der Waals surface area contributed by atoms with E-state index in [0.717, 1.165) is 18.4 Å². The zero-order chi connectivity index (χ0) is 22.3. The largest absolute Gasteiger partial charge is 0.490 e. The summed E-state index contributed by atoms with van der Waals surface area (Å²) in [6.07, 6.45) is -3.33. The third-order valence-electron chi connectivity index (χ3n) is 4.81. The molecule has 0 aliphatic carbocycles. The monoisotopic (exact) mass is 441 g/mol. The van der Waals surface area contributed by atoms with Gasteiger partial charge in [-0.25, -0.2) is 8.42 Å². The predicted octanol–water partition coefficient (Wildman–Crippen LogP) is 4.09. The summed E-state index contributed by atoms with van der Waals surface area (Å²) >= 11 is 0. The minimum Gasteiger partial charge on any atom is -0.490 e. The van der Waals surface area contributed by atoms with E-state index in [2.05, 4.69) is 0 Å².